The van der Waals surface area contributed by atoms with Crippen molar-refractivity contribution in [2.45, 2.75) is 19.4 Å². The lowest BCUT2D eigenvalue weighted by atomic mass is 10.2. The molecule has 1 saturated heterocycles. The number of carbonyl (C=O) groups excluding carboxylic acids is 1. The van der Waals surface area contributed by atoms with Crippen LogP contribution >= 0.6 is 11.3 Å². The quantitative estimate of drug-likeness (QED) is 0.839. The summed E-state index contributed by atoms with van der Waals surface area (Å²) in [5.74, 6) is -0.151. The van der Waals surface area contributed by atoms with E-state index in [-0.39, 0.29) is 12.0 Å². The van der Waals surface area contributed by atoms with Crippen LogP contribution in [0, 0.1) is 0 Å². The highest BCUT2D eigenvalue weighted by Crippen LogP contribution is 2.29. The highest BCUT2D eigenvalue weighted by atomic mass is 32.1. The Bertz CT molecular complexity index is 399. The fourth-order valence-corrected chi connectivity index (χ4v) is 3.30. The van der Waals surface area contributed by atoms with E-state index < -0.39 is 0 Å². The van der Waals surface area contributed by atoms with Crippen molar-refractivity contribution in [3.8, 4) is 0 Å². The van der Waals surface area contributed by atoms with Gasteiger partial charge in [-0.3, -0.25) is 4.90 Å². The number of rotatable bonds is 4. The molecule has 1 N–H and O–H groups in total. The Morgan fingerprint density at radius 3 is 2.78 bits per heavy atom. The predicted octanol–water partition coefficient (Wildman–Crippen LogP) is 1.43. The first-order valence-electron chi connectivity index (χ1n) is 6.37. The molecule has 0 spiro atoms. The van der Waals surface area contributed by atoms with Gasteiger partial charge in [-0.25, -0.2) is 4.79 Å². The average molecular weight is 268 g/mol. The summed E-state index contributed by atoms with van der Waals surface area (Å²) in [5, 5.41) is 3.30. The molecule has 0 amide bonds. The van der Waals surface area contributed by atoms with Gasteiger partial charge in [0.2, 0.25) is 0 Å². The van der Waals surface area contributed by atoms with E-state index in [9.17, 15) is 4.79 Å². The summed E-state index contributed by atoms with van der Waals surface area (Å²) < 4.78 is 4.97. The maximum atomic E-state index is 12.0. The third-order valence-electron chi connectivity index (χ3n) is 3.24. The van der Waals surface area contributed by atoms with Crippen LogP contribution in [0.2, 0.25) is 0 Å². The van der Waals surface area contributed by atoms with Gasteiger partial charge in [-0.2, -0.15) is 0 Å². The number of nitrogens with zero attached hydrogens (tertiary/aromatic N) is 1. The van der Waals surface area contributed by atoms with E-state index in [4.69, 9.17) is 4.74 Å². The molecule has 1 aliphatic rings. The lowest BCUT2D eigenvalue weighted by molar-refractivity contribution is -0.147. The Balaban J connectivity index is 2.20. The number of aryl methyl sites for hydroxylation is 1. The average Bonchev–Trinajstić information content (AvgIpc) is 2.88. The van der Waals surface area contributed by atoms with Crippen LogP contribution in [0.5, 0.6) is 0 Å². The number of hydrogen-bond donors (Lipinski definition) is 1. The summed E-state index contributed by atoms with van der Waals surface area (Å²) in [7, 11) is 1.46. The van der Waals surface area contributed by atoms with Crippen molar-refractivity contribution in [3.63, 3.8) is 0 Å². The van der Waals surface area contributed by atoms with Gasteiger partial charge < -0.3 is 10.1 Å². The van der Waals surface area contributed by atoms with E-state index in [0.717, 1.165) is 37.5 Å². The molecule has 1 aromatic rings. The topological polar surface area (TPSA) is 41.6 Å². The van der Waals surface area contributed by atoms with Crippen molar-refractivity contribution >= 4 is 17.3 Å². The number of nitrogens with one attached hydrogen (secondary N) is 1. The van der Waals surface area contributed by atoms with E-state index in [1.807, 2.05) is 0 Å². The largest absolute Gasteiger partial charge is 0.468 e. The second kappa shape index (κ2) is 6.31. The Hall–Kier alpha value is -0.910. The molecule has 4 nitrogen and oxygen atoms in total. The molecular weight excluding hydrogens is 248 g/mol. The molecule has 1 unspecified atom stereocenters. The molecule has 1 fully saturated rings. The second-order valence-corrected chi connectivity index (χ2v) is 5.57. The van der Waals surface area contributed by atoms with Crippen molar-refractivity contribution < 1.29 is 9.53 Å². The first-order chi connectivity index (χ1) is 8.76. The van der Waals surface area contributed by atoms with E-state index >= 15 is 0 Å². The fraction of sp³-hybridized carbons (Fsp3) is 0.615. The second-order valence-electron chi connectivity index (χ2n) is 4.37. The zero-order valence-corrected chi connectivity index (χ0v) is 11.8. The molecule has 18 heavy (non-hydrogen) atoms. The molecule has 0 radical (unpaired) electrons. The van der Waals surface area contributed by atoms with Crippen LogP contribution in [0.25, 0.3) is 0 Å². The predicted molar refractivity (Wildman–Crippen MR) is 72.9 cm³/mol. The summed E-state index contributed by atoms with van der Waals surface area (Å²) in [5.41, 5.74) is 0. The van der Waals surface area contributed by atoms with Crippen LogP contribution in [0.4, 0.5) is 0 Å². The number of hydrogen-bond acceptors (Lipinski definition) is 5. The highest BCUT2D eigenvalue weighted by Gasteiger charge is 2.30. The smallest absolute Gasteiger partial charge is 0.328 e. The van der Waals surface area contributed by atoms with Crippen molar-refractivity contribution in [1.82, 2.24) is 10.2 Å². The van der Waals surface area contributed by atoms with Gasteiger partial charge >= 0.3 is 5.97 Å². The molecule has 1 aromatic heterocycles. The molecular formula is C13H20N2O2S. The van der Waals surface area contributed by atoms with Gasteiger partial charge in [0.25, 0.3) is 0 Å². The van der Waals surface area contributed by atoms with Gasteiger partial charge in [0.1, 0.15) is 6.04 Å². The Morgan fingerprint density at radius 2 is 2.22 bits per heavy atom. The number of thiophene rings is 1. The maximum absolute atomic E-state index is 12.0. The van der Waals surface area contributed by atoms with E-state index in [2.05, 4.69) is 29.3 Å². The van der Waals surface area contributed by atoms with Crippen LogP contribution in [0.3, 0.4) is 0 Å². The molecule has 100 valence electrons. The lowest BCUT2D eigenvalue weighted by Crippen LogP contribution is -2.47. The zero-order chi connectivity index (χ0) is 13.0. The van der Waals surface area contributed by atoms with Gasteiger partial charge in [0, 0.05) is 35.9 Å². The Morgan fingerprint density at radius 1 is 1.50 bits per heavy atom. The van der Waals surface area contributed by atoms with Crippen molar-refractivity contribution in [2.24, 2.45) is 0 Å². The van der Waals surface area contributed by atoms with Gasteiger partial charge in [0.15, 0.2) is 0 Å². The minimum absolute atomic E-state index is 0.151. The minimum Gasteiger partial charge on any atom is -0.468 e. The van der Waals surface area contributed by atoms with Crippen LogP contribution < -0.4 is 5.32 Å². The van der Waals surface area contributed by atoms with Gasteiger partial charge in [0.05, 0.1) is 7.11 Å². The SMILES string of the molecule is CCc1ccc(C(C(=O)OC)N2CCNCC2)s1. The van der Waals surface area contributed by atoms with Gasteiger partial charge in [-0.05, 0) is 18.6 Å². The van der Waals surface area contributed by atoms with Crippen LogP contribution in [0.15, 0.2) is 12.1 Å². The summed E-state index contributed by atoms with van der Waals surface area (Å²) in [6.07, 6.45) is 1.01. The van der Waals surface area contributed by atoms with E-state index in [0.29, 0.717) is 0 Å². The summed E-state index contributed by atoms with van der Waals surface area (Å²) in [6.45, 7) is 5.77. The van der Waals surface area contributed by atoms with Crippen LogP contribution in [-0.4, -0.2) is 44.2 Å². The first-order valence-corrected chi connectivity index (χ1v) is 7.19. The molecule has 2 heterocycles. The molecule has 1 atom stereocenters. The van der Waals surface area contributed by atoms with E-state index in [1.54, 1.807) is 11.3 Å². The van der Waals surface area contributed by atoms with Gasteiger partial charge in [-0.15, -0.1) is 11.3 Å². The summed E-state index contributed by atoms with van der Waals surface area (Å²) >= 11 is 1.72. The first kappa shape index (κ1) is 13.5. The third kappa shape index (κ3) is 2.91. The molecule has 1 aliphatic heterocycles. The number of piperazine rings is 1. The third-order valence-corrected chi connectivity index (χ3v) is 4.52. The number of methoxy groups -OCH3 is 1. The maximum Gasteiger partial charge on any atom is 0.328 e. The summed E-state index contributed by atoms with van der Waals surface area (Å²) in [6, 6.07) is 3.94. The molecule has 2 rings (SSSR count). The Kier molecular flexibility index (Phi) is 4.74. The van der Waals surface area contributed by atoms with Crippen molar-refractivity contribution in [3.05, 3.63) is 21.9 Å². The normalized spacial score (nSPS) is 18.6. The number of carbonyl (C=O) groups is 1. The molecule has 0 bridgehead atoms. The van der Waals surface area contributed by atoms with Crippen molar-refractivity contribution in [1.29, 1.82) is 0 Å². The van der Waals surface area contributed by atoms with Crippen LogP contribution in [-0.2, 0) is 16.0 Å². The number of ether oxygens (including phenoxy) is 1. The number of esters is 1. The lowest BCUT2D eigenvalue weighted by Gasteiger charge is -2.32. The fourth-order valence-electron chi connectivity index (χ4n) is 2.23. The molecule has 5 heteroatoms. The van der Waals surface area contributed by atoms with Gasteiger partial charge in [-0.1, -0.05) is 6.92 Å². The summed E-state index contributed by atoms with van der Waals surface area (Å²) in [4.78, 5) is 16.6. The van der Waals surface area contributed by atoms with Crippen molar-refractivity contribution in [2.75, 3.05) is 33.3 Å². The monoisotopic (exact) mass is 268 g/mol. The molecule has 0 aliphatic carbocycles. The Labute approximate surface area is 112 Å². The molecule has 0 aromatic carbocycles. The molecule has 0 saturated carbocycles. The van der Waals surface area contributed by atoms with E-state index in [1.165, 1.54) is 12.0 Å². The van der Waals surface area contributed by atoms with Crippen LogP contribution in [0.1, 0.15) is 22.7 Å². The minimum atomic E-state index is -0.234. The zero-order valence-electron chi connectivity index (χ0n) is 10.9. The standard InChI is InChI=1S/C13H20N2O2S/c1-3-10-4-5-11(18-10)12(13(16)17-2)15-8-6-14-7-9-15/h4-5,12,14H,3,6-9H2,1-2H3. The highest BCUT2D eigenvalue weighted by molar-refractivity contribution is 7.12.